The van der Waals surface area contributed by atoms with Crippen LogP contribution in [0.1, 0.15) is 38.8 Å². The van der Waals surface area contributed by atoms with Gasteiger partial charge in [-0.25, -0.2) is 4.39 Å². The Morgan fingerprint density at radius 3 is 1.76 bits per heavy atom. The Morgan fingerprint density at radius 1 is 0.697 bits per heavy atom. The van der Waals surface area contributed by atoms with Gasteiger partial charge in [-0.1, -0.05) is 41.5 Å². The summed E-state index contributed by atoms with van der Waals surface area (Å²) < 4.78 is 26.0. The van der Waals surface area contributed by atoms with Crippen LogP contribution in [-0.4, -0.2) is 13.2 Å². The first-order valence-corrected chi connectivity index (χ1v) is 11.3. The maximum Gasteiger partial charge on any atom is 0.165 e. The molecule has 0 aliphatic rings. The topological polar surface area (TPSA) is 18.5 Å². The number of ether oxygens (including phenoxy) is 2. The summed E-state index contributed by atoms with van der Waals surface area (Å²) in [7, 11) is 0. The summed E-state index contributed by atoms with van der Waals surface area (Å²) in [5, 5.41) is 0. The molecule has 3 rings (SSSR count). The minimum Gasteiger partial charge on any atom is -0.490 e. The molecule has 0 unspecified atom stereocenters. The molecule has 3 heteroatoms. The average Bonchev–Trinajstić information content (AvgIpc) is 2.76. The monoisotopic (exact) mass is 444 g/mol. The lowest BCUT2D eigenvalue weighted by Gasteiger charge is -2.14. The first kappa shape index (κ1) is 24.3. The molecule has 0 heterocycles. The molecule has 0 bridgehead atoms. The molecular weight excluding hydrogens is 411 g/mol. The summed E-state index contributed by atoms with van der Waals surface area (Å²) in [6.07, 6.45) is 3.99. The fraction of sp³-hybridized carbons (Fsp3) is 0.267. The van der Waals surface area contributed by atoms with Gasteiger partial charge in [-0.3, -0.25) is 0 Å². The summed E-state index contributed by atoms with van der Waals surface area (Å²) in [4.78, 5) is 0. The minimum atomic E-state index is -0.348. The average molecular weight is 445 g/mol. The highest BCUT2D eigenvalue weighted by atomic mass is 19.1. The second-order valence-corrected chi connectivity index (χ2v) is 8.84. The van der Waals surface area contributed by atoms with Crippen molar-refractivity contribution in [3.05, 3.63) is 94.8 Å². The number of rotatable bonds is 8. The lowest BCUT2D eigenvalue weighted by atomic mass is 9.92. The van der Waals surface area contributed by atoms with Crippen LogP contribution in [0, 0.1) is 19.7 Å². The Balaban J connectivity index is 1.81. The largest absolute Gasteiger partial charge is 0.490 e. The SMILES string of the molecule is CC(C)=CCOc1ccc(-c2cc(C)c(-c3ccc(OCC=C(C)C)c(F)c3)cc2C)cc1. The minimum absolute atomic E-state index is 0.272. The third-order valence-electron chi connectivity index (χ3n) is 5.45. The van der Waals surface area contributed by atoms with Crippen molar-refractivity contribution in [1.29, 1.82) is 0 Å². The van der Waals surface area contributed by atoms with Crippen LogP contribution in [0.3, 0.4) is 0 Å². The Morgan fingerprint density at radius 2 is 1.21 bits per heavy atom. The number of aryl methyl sites for hydroxylation is 2. The van der Waals surface area contributed by atoms with E-state index in [2.05, 4.69) is 58.0 Å². The predicted molar refractivity (Wildman–Crippen MR) is 137 cm³/mol. The van der Waals surface area contributed by atoms with E-state index in [1.165, 1.54) is 5.57 Å². The smallest absolute Gasteiger partial charge is 0.165 e. The van der Waals surface area contributed by atoms with Gasteiger partial charge in [0.05, 0.1) is 0 Å². The van der Waals surface area contributed by atoms with Crippen molar-refractivity contribution in [3.8, 4) is 33.8 Å². The molecule has 0 spiro atoms. The molecule has 33 heavy (non-hydrogen) atoms. The fourth-order valence-corrected chi connectivity index (χ4v) is 3.56. The van der Waals surface area contributed by atoms with Crippen LogP contribution in [0.4, 0.5) is 4.39 Å². The lowest BCUT2D eigenvalue weighted by molar-refractivity contribution is 0.341. The second-order valence-electron chi connectivity index (χ2n) is 8.84. The highest BCUT2D eigenvalue weighted by Crippen LogP contribution is 2.34. The Hall–Kier alpha value is -3.33. The molecule has 0 aliphatic carbocycles. The summed E-state index contributed by atoms with van der Waals surface area (Å²) in [5.41, 5.74) is 8.77. The summed E-state index contributed by atoms with van der Waals surface area (Å²) >= 11 is 0. The first-order valence-electron chi connectivity index (χ1n) is 11.3. The number of benzene rings is 3. The van der Waals surface area contributed by atoms with Crippen LogP contribution in [0.15, 0.2) is 77.9 Å². The quantitative estimate of drug-likeness (QED) is 0.324. The zero-order valence-corrected chi connectivity index (χ0v) is 20.5. The van der Waals surface area contributed by atoms with Crippen molar-refractivity contribution in [2.75, 3.05) is 13.2 Å². The van der Waals surface area contributed by atoms with Gasteiger partial charge in [0.25, 0.3) is 0 Å². The number of hydrogen-bond acceptors (Lipinski definition) is 2. The van der Waals surface area contributed by atoms with Crippen molar-refractivity contribution in [2.24, 2.45) is 0 Å². The van der Waals surface area contributed by atoms with E-state index < -0.39 is 0 Å². The molecule has 0 aromatic heterocycles. The number of hydrogen-bond donors (Lipinski definition) is 0. The maximum atomic E-state index is 14.6. The van der Waals surface area contributed by atoms with E-state index in [0.29, 0.717) is 13.2 Å². The van der Waals surface area contributed by atoms with Crippen molar-refractivity contribution in [3.63, 3.8) is 0 Å². The fourth-order valence-electron chi connectivity index (χ4n) is 3.56. The van der Waals surface area contributed by atoms with E-state index in [4.69, 9.17) is 9.47 Å². The zero-order valence-electron chi connectivity index (χ0n) is 20.5. The van der Waals surface area contributed by atoms with Gasteiger partial charge in [-0.2, -0.15) is 0 Å². The van der Waals surface area contributed by atoms with Gasteiger partial charge in [0.15, 0.2) is 11.6 Å². The Bertz CT molecular complexity index is 1160. The maximum absolute atomic E-state index is 14.6. The van der Waals surface area contributed by atoms with Crippen molar-refractivity contribution in [2.45, 2.75) is 41.5 Å². The van der Waals surface area contributed by atoms with Crippen LogP contribution in [0.5, 0.6) is 11.5 Å². The summed E-state index contributed by atoms with van der Waals surface area (Å²) in [6.45, 7) is 13.2. The molecule has 0 saturated heterocycles. The molecule has 0 radical (unpaired) electrons. The third-order valence-corrected chi connectivity index (χ3v) is 5.45. The predicted octanol–water partition coefficient (Wildman–Crippen LogP) is 8.47. The van der Waals surface area contributed by atoms with Gasteiger partial charge in [-0.05, 0) is 111 Å². The van der Waals surface area contributed by atoms with Crippen molar-refractivity contribution in [1.82, 2.24) is 0 Å². The van der Waals surface area contributed by atoms with E-state index >= 15 is 0 Å². The van der Waals surface area contributed by atoms with E-state index in [1.54, 1.807) is 12.1 Å². The van der Waals surface area contributed by atoms with E-state index in [0.717, 1.165) is 44.7 Å². The molecule has 0 atom stereocenters. The first-order chi connectivity index (χ1) is 15.7. The number of allylic oxidation sites excluding steroid dienone is 2. The van der Waals surface area contributed by atoms with Crippen LogP contribution < -0.4 is 9.47 Å². The molecule has 0 N–H and O–H groups in total. The second kappa shape index (κ2) is 11.0. The van der Waals surface area contributed by atoms with E-state index in [9.17, 15) is 4.39 Å². The van der Waals surface area contributed by atoms with E-state index in [1.807, 2.05) is 38.1 Å². The van der Waals surface area contributed by atoms with Gasteiger partial charge in [0.1, 0.15) is 19.0 Å². The molecule has 0 aliphatic heterocycles. The molecular formula is C30H33FO2. The molecule has 3 aromatic carbocycles. The highest BCUT2D eigenvalue weighted by Gasteiger charge is 2.11. The van der Waals surface area contributed by atoms with Crippen LogP contribution in [-0.2, 0) is 0 Å². The van der Waals surface area contributed by atoms with Crippen molar-refractivity contribution < 1.29 is 13.9 Å². The Labute approximate surface area is 197 Å². The third kappa shape index (κ3) is 6.58. The lowest BCUT2D eigenvalue weighted by Crippen LogP contribution is -1.97. The van der Waals surface area contributed by atoms with Crippen LogP contribution in [0.2, 0.25) is 0 Å². The van der Waals surface area contributed by atoms with Crippen molar-refractivity contribution >= 4 is 0 Å². The van der Waals surface area contributed by atoms with Gasteiger partial charge >= 0.3 is 0 Å². The van der Waals surface area contributed by atoms with Gasteiger partial charge < -0.3 is 9.47 Å². The standard InChI is InChI=1S/C30H33FO2/c1-20(2)13-15-32-26-10-7-24(8-11-26)27-17-23(6)28(18-22(27)5)25-9-12-30(29(31)19-25)33-16-14-21(3)4/h7-14,17-19H,15-16H2,1-6H3. The molecule has 3 aromatic rings. The molecule has 172 valence electrons. The normalized spacial score (nSPS) is 10.5. The molecule has 0 amide bonds. The van der Waals surface area contributed by atoms with Gasteiger partial charge in [0.2, 0.25) is 0 Å². The zero-order chi connectivity index (χ0) is 24.0. The molecule has 0 saturated carbocycles. The number of halogens is 1. The van der Waals surface area contributed by atoms with E-state index in [-0.39, 0.29) is 11.6 Å². The van der Waals surface area contributed by atoms with Gasteiger partial charge in [-0.15, -0.1) is 0 Å². The highest BCUT2D eigenvalue weighted by molar-refractivity contribution is 5.76. The Kier molecular flexibility index (Phi) is 8.11. The summed E-state index contributed by atoms with van der Waals surface area (Å²) in [5.74, 6) is 0.776. The molecule has 2 nitrogen and oxygen atoms in total. The molecule has 0 fully saturated rings. The van der Waals surface area contributed by atoms with Gasteiger partial charge in [0, 0.05) is 0 Å². The summed E-state index contributed by atoms with van der Waals surface area (Å²) in [6, 6.07) is 17.6. The van der Waals surface area contributed by atoms with Crippen LogP contribution >= 0.6 is 0 Å². The van der Waals surface area contributed by atoms with Crippen LogP contribution in [0.25, 0.3) is 22.3 Å².